The second-order valence-electron chi connectivity index (χ2n) is 4.13. The molecule has 0 amide bonds. The maximum atomic E-state index is 5.77. The Labute approximate surface area is 80.9 Å². The highest BCUT2D eigenvalue weighted by Crippen LogP contribution is 2.25. The van der Waals surface area contributed by atoms with Crippen LogP contribution >= 0.6 is 11.6 Å². The van der Waals surface area contributed by atoms with Gasteiger partial charge in [-0.1, -0.05) is 13.3 Å². The Hall–Kier alpha value is 0.250. The van der Waals surface area contributed by atoms with Gasteiger partial charge in [-0.25, -0.2) is 0 Å². The molecule has 1 saturated carbocycles. The third-order valence-electron chi connectivity index (χ3n) is 3.05. The summed E-state index contributed by atoms with van der Waals surface area (Å²) in [5.41, 5.74) is 0. The topological polar surface area (TPSA) is 12.0 Å². The Morgan fingerprint density at radius 2 is 2.08 bits per heavy atom. The number of halogens is 1. The van der Waals surface area contributed by atoms with E-state index in [1.165, 1.54) is 25.8 Å². The van der Waals surface area contributed by atoms with Gasteiger partial charge in [-0.2, -0.15) is 0 Å². The highest BCUT2D eigenvalue weighted by atomic mass is 35.5. The fraction of sp³-hybridized carbons (Fsp3) is 1.00. The number of hydrogen-bond acceptors (Lipinski definition) is 1. The fourth-order valence-corrected chi connectivity index (χ4v) is 1.65. The van der Waals surface area contributed by atoms with Gasteiger partial charge in [0.05, 0.1) is 0 Å². The van der Waals surface area contributed by atoms with Crippen molar-refractivity contribution in [3.05, 3.63) is 0 Å². The van der Waals surface area contributed by atoms with Crippen molar-refractivity contribution >= 4 is 11.6 Å². The van der Waals surface area contributed by atoms with E-state index >= 15 is 0 Å². The molecule has 1 nitrogen and oxygen atoms in total. The van der Waals surface area contributed by atoms with Crippen LogP contribution in [0.5, 0.6) is 0 Å². The van der Waals surface area contributed by atoms with E-state index in [-0.39, 0.29) is 0 Å². The van der Waals surface area contributed by atoms with Gasteiger partial charge in [-0.15, -0.1) is 11.6 Å². The van der Waals surface area contributed by atoms with Crippen molar-refractivity contribution in [1.82, 2.24) is 5.32 Å². The van der Waals surface area contributed by atoms with E-state index in [2.05, 4.69) is 19.2 Å². The van der Waals surface area contributed by atoms with Crippen LogP contribution in [0.4, 0.5) is 0 Å². The first-order valence-electron chi connectivity index (χ1n) is 5.03. The molecule has 0 radical (unpaired) electrons. The number of nitrogens with one attached hydrogen (secondary N) is 1. The average Bonchev–Trinajstić information content (AvgIpc) is 2.00. The van der Waals surface area contributed by atoms with Gasteiger partial charge in [0.2, 0.25) is 0 Å². The van der Waals surface area contributed by atoms with E-state index in [0.29, 0.717) is 12.0 Å². The zero-order valence-corrected chi connectivity index (χ0v) is 8.90. The summed E-state index contributed by atoms with van der Waals surface area (Å²) >= 11 is 5.77. The summed E-state index contributed by atoms with van der Waals surface area (Å²) in [5.74, 6) is 2.31. The summed E-state index contributed by atoms with van der Waals surface area (Å²) in [6.07, 6.45) is 4.29. The van der Waals surface area contributed by atoms with Crippen molar-refractivity contribution in [3.8, 4) is 0 Å². The van der Waals surface area contributed by atoms with Crippen LogP contribution in [0.15, 0.2) is 0 Å². The minimum atomic E-state index is 0.572. The van der Waals surface area contributed by atoms with Crippen molar-refractivity contribution < 1.29 is 0 Å². The summed E-state index contributed by atoms with van der Waals surface area (Å²) in [5, 5.41) is 3.55. The SMILES string of the molecule is CC(CCl)C(C)NCC1CCC1. The molecule has 0 spiro atoms. The van der Waals surface area contributed by atoms with E-state index in [9.17, 15) is 0 Å². The normalized spacial score (nSPS) is 23.2. The predicted octanol–water partition coefficient (Wildman–Crippen LogP) is 2.64. The average molecular weight is 190 g/mol. The summed E-state index contributed by atoms with van der Waals surface area (Å²) in [6.45, 7) is 5.62. The highest BCUT2D eigenvalue weighted by Gasteiger charge is 2.18. The van der Waals surface area contributed by atoms with Crippen molar-refractivity contribution in [3.63, 3.8) is 0 Å². The molecule has 0 aromatic heterocycles. The lowest BCUT2D eigenvalue weighted by atomic mass is 9.85. The van der Waals surface area contributed by atoms with Crippen LogP contribution in [0.1, 0.15) is 33.1 Å². The predicted molar refractivity (Wildman–Crippen MR) is 54.7 cm³/mol. The Morgan fingerprint density at radius 3 is 2.50 bits per heavy atom. The van der Waals surface area contributed by atoms with E-state index in [1.54, 1.807) is 0 Å². The number of hydrogen-bond donors (Lipinski definition) is 1. The molecule has 1 fully saturated rings. The summed E-state index contributed by atoms with van der Waals surface area (Å²) in [4.78, 5) is 0. The largest absolute Gasteiger partial charge is 0.314 e. The molecule has 12 heavy (non-hydrogen) atoms. The molecule has 0 heterocycles. The Balaban J connectivity index is 2.04. The fourth-order valence-electron chi connectivity index (χ4n) is 1.38. The van der Waals surface area contributed by atoms with Gasteiger partial charge in [-0.3, -0.25) is 0 Å². The molecule has 1 aliphatic rings. The van der Waals surface area contributed by atoms with Crippen molar-refractivity contribution in [2.45, 2.75) is 39.2 Å². The maximum Gasteiger partial charge on any atom is 0.0263 e. The van der Waals surface area contributed by atoms with Gasteiger partial charge in [-0.05, 0) is 38.1 Å². The van der Waals surface area contributed by atoms with Gasteiger partial charge < -0.3 is 5.32 Å². The van der Waals surface area contributed by atoms with Crippen molar-refractivity contribution in [2.24, 2.45) is 11.8 Å². The lowest BCUT2D eigenvalue weighted by Gasteiger charge is -2.28. The molecule has 72 valence electrons. The van der Waals surface area contributed by atoms with Crippen LogP contribution in [0.2, 0.25) is 0 Å². The van der Waals surface area contributed by atoms with Crippen LogP contribution in [-0.4, -0.2) is 18.5 Å². The molecular formula is C10H20ClN. The quantitative estimate of drug-likeness (QED) is 0.656. The monoisotopic (exact) mass is 189 g/mol. The first kappa shape index (κ1) is 10.3. The molecular weight excluding hydrogens is 170 g/mol. The van der Waals surface area contributed by atoms with Gasteiger partial charge in [0, 0.05) is 11.9 Å². The summed E-state index contributed by atoms with van der Waals surface area (Å²) in [7, 11) is 0. The zero-order valence-electron chi connectivity index (χ0n) is 8.15. The molecule has 0 aromatic rings. The van der Waals surface area contributed by atoms with Gasteiger partial charge in [0.1, 0.15) is 0 Å². The van der Waals surface area contributed by atoms with Crippen LogP contribution in [-0.2, 0) is 0 Å². The van der Waals surface area contributed by atoms with E-state index < -0.39 is 0 Å². The lowest BCUT2D eigenvalue weighted by molar-refractivity contribution is 0.279. The summed E-state index contributed by atoms with van der Waals surface area (Å²) in [6, 6.07) is 0.572. The van der Waals surface area contributed by atoms with Crippen LogP contribution in [0, 0.1) is 11.8 Å². The molecule has 1 N–H and O–H groups in total. The molecule has 2 unspecified atom stereocenters. The first-order chi connectivity index (χ1) is 5.74. The second-order valence-corrected chi connectivity index (χ2v) is 4.43. The molecule has 1 aliphatic carbocycles. The first-order valence-corrected chi connectivity index (χ1v) is 5.57. The lowest BCUT2D eigenvalue weighted by Crippen LogP contribution is -2.38. The third kappa shape index (κ3) is 2.95. The Bertz CT molecular complexity index is 123. The summed E-state index contributed by atoms with van der Waals surface area (Å²) < 4.78 is 0. The number of rotatable bonds is 5. The van der Waals surface area contributed by atoms with Gasteiger partial charge in [0.15, 0.2) is 0 Å². The smallest absolute Gasteiger partial charge is 0.0263 e. The Kier molecular flexibility index (Phi) is 4.38. The molecule has 0 saturated heterocycles. The molecule has 2 heteroatoms. The third-order valence-corrected chi connectivity index (χ3v) is 3.54. The molecule has 2 atom stereocenters. The van der Waals surface area contributed by atoms with E-state index in [4.69, 9.17) is 11.6 Å². The van der Waals surface area contributed by atoms with Gasteiger partial charge >= 0.3 is 0 Å². The van der Waals surface area contributed by atoms with E-state index in [0.717, 1.165) is 11.8 Å². The molecule has 0 bridgehead atoms. The van der Waals surface area contributed by atoms with Crippen LogP contribution < -0.4 is 5.32 Å². The minimum absolute atomic E-state index is 0.572. The number of alkyl halides is 1. The molecule has 0 aromatic carbocycles. The van der Waals surface area contributed by atoms with Gasteiger partial charge in [0.25, 0.3) is 0 Å². The van der Waals surface area contributed by atoms with E-state index in [1.807, 2.05) is 0 Å². The molecule has 1 rings (SSSR count). The maximum absolute atomic E-state index is 5.77. The highest BCUT2D eigenvalue weighted by molar-refractivity contribution is 6.18. The van der Waals surface area contributed by atoms with Crippen molar-refractivity contribution in [1.29, 1.82) is 0 Å². The molecule has 0 aliphatic heterocycles. The van der Waals surface area contributed by atoms with Crippen LogP contribution in [0.25, 0.3) is 0 Å². The Morgan fingerprint density at radius 1 is 1.42 bits per heavy atom. The van der Waals surface area contributed by atoms with Crippen LogP contribution in [0.3, 0.4) is 0 Å². The van der Waals surface area contributed by atoms with Crippen molar-refractivity contribution in [2.75, 3.05) is 12.4 Å². The zero-order chi connectivity index (χ0) is 8.97. The second kappa shape index (κ2) is 5.08. The standard InChI is InChI=1S/C10H20ClN/c1-8(6-11)9(2)12-7-10-4-3-5-10/h8-10,12H,3-7H2,1-2H3. The minimum Gasteiger partial charge on any atom is -0.314 e.